The van der Waals surface area contributed by atoms with Crippen LogP contribution in [0.5, 0.6) is 18.0 Å². The Balaban J connectivity index is 1.41. The average molecular weight is 531 g/mol. The van der Waals surface area contributed by atoms with E-state index in [9.17, 15) is 14.4 Å². The fourth-order valence-corrected chi connectivity index (χ4v) is 2.92. The van der Waals surface area contributed by atoms with Crippen LogP contribution in [-0.4, -0.2) is 33.4 Å². The van der Waals surface area contributed by atoms with E-state index in [1.807, 2.05) is 18.2 Å². The van der Waals surface area contributed by atoms with Gasteiger partial charge in [-0.15, -0.1) is 15.0 Å². The van der Waals surface area contributed by atoms with E-state index in [4.69, 9.17) is 28.4 Å². The third-order valence-electron chi connectivity index (χ3n) is 4.70. The molecule has 0 aliphatic carbocycles. The van der Waals surface area contributed by atoms with E-state index in [2.05, 4.69) is 15.0 Å². The highest BCUT2D eigenvalue weighted by atomic mass is 16.8. The highest BCUT2D eigenvalue weighted by Gasteiger charge is 2.20. The molecule has 12 nitrogen and oxygen atoms in total. The van der Waals surface area contributed by atoms with E-state index in [0.717, 1.165) is 0 Å². The van der Waals surface area contributed by atoms with Crippen molar-refractivity contribution in [2.24, 2.45) is 0 Å². The lowest BCUT2D eigenvalue weighted by atomic mass is 10.2. The molecule has 0 bridgehead atoms. The van der Waals surface area contributed by atoms with Crippen molar-refractivity contribution in [1.29, 1.82) is 0 Å². The van der Waals surface area contributed by atoms with Gasteiger partial charge in [-0.2, -0.15) is 0 Å². The Kier molecular flexibility index (Phi) is 9.32. The number of benzene rings is 3. The molecule has 12 heteroatoms. The molecule has 1 heterocycles. The van der Waals surface area contributed by atoms with Crippen molar-refractivity contribution in [1.82, 2.24) is 15.0 Å². The zero-order valence-electron chi connectivity index (χ0n) is 20.3. The van der Waals surface area contributed by atoms with Gasteiger partial charge in [-0.25, -0.2) is 14.4 Å². The zero-order chi connectivity index (χ0) is 27.3. The number of aromatic nitrogens is 3. The third kappa shape index (κ3) is 9.13. The molecule has 4 aromatic rings. The molecule has 1 aromatic heterocycles. The molecule has 198 valence electrons. The molecule has 0 fully saturated rings. The van der Waals surface area contributed by atoms with Crippen LogP contribution in [0, 0.1) is 0 Å². The maximum Gasteiger partial charge on any atom is 0.516 e. The van der Waals surface area contributed by atoms with E-state index in [-0.39, 0.29) is 19.8 Å². The summed E-state index contributed by atoms with van der Waals surface area (Å²) in [5, 5.41) is 0. The molecule has 0 saturated heterocycles. The summed E-state index contributed by atoms with van der Waals surface area (Å²) in [4.78, 5) is 47.7. The Labute approximate surface area is 222 Å². The molecule has 0 radical (unpaired) electrons. The molecular formula is C27H21N3O9. The van der Waals surface area contributed by atoms with Gasteiger partial charge in [0.15, 0.2) is 0 Å². The van der Waals surface area contributed by atoms with Gasteiger partial charge in [0.25, 0.3) is 0 Å². The Morgan fingerprint density at radius 1 is 0.436 bits per heavy atom. The minimum absolute atomic E-state index is 0.0882. The van der Waals surface area contributed by atoms with Crippen LogP contribution < -0.4 is 14.2 Å². The molecule has 0 saturated carbocycles. The number of hydrogen-bond acceptors (Lipinski definition) is 12. The molecule has 0 aliphatic rings. The van der Waals surface area contributed by atoms with E-state index in [1.165, 1.54) is 0 Å². The Bertz CT molecular complexity index is 1210. The molecular weight excluding hydrogens is 510 g/mol. The fraction of sp³-hybridized carbons (Fsp3) is 0.111. The lowest BCUT2D eigenvalue weighted by Gasteiger charge is -2.09. The number of ether oxygens (including phenoxy) is 6. The van der Waals surface area contributed by atoms with Crippen molar-refractivity contribution in [2.75, 3.05) is 0 Å². The van der Waals surface area contributed by atoms with Gasteiger partial charge in [0, 0.05) is 0 Å². The molecule has 0 N–H and O–H groups in total. The zero-order valence-corrected chi connectivity index (χ0v) is 20.3. The van der Waals surface area contributed by atoms with Gasteiger partial charge in [0.2, 0.25) is 0 Å². The SMILES string of the molecule is O=C(OCc1ccccc1)Oc1nc(OC(=O)OCc2ccccc2)nc(OC(=O)OCc2ccccc2)n1. The van der Waals surface area contributed by atoms with E-state index >= 15 is 0 Å². The Morgan fingerprint density at radius 3 is 0.949 bits per heavy atom. The molecule has 0 atom stereocenters. The highest BCUT2D eigenvalue weighted by Crippen LogP contribution is 2.17. The second-order valence-corrected chi connectivity index (χ2v) is 7.56. The first kappa shape index (κ1) is 26.5. The van der Waals surface area contributed by atoms with Crippen LogP contribution in [0.25, 0.3) is 0 Å². The highest BCUT2D eigenvalue weighted by molar-refractivity contribution is 5.64. The smallest absolute Gasteiger partial charge is 0.429 e. The summed E-state index contributed by atoms with van der Waals surface area (Å²) in [6.45, 7) is -0.265. The van der Waals surface area contributed by atoms with Crippen LogP contribution in [0.1, 0.15) is 16.7 Å². The molecule has 0 unspecified atom stereocenters. The van der Waals surface area contributed by atoms with Gasteiger partial charge >= 0.3 is 36.5 Å². The second-order valence-electron chi connectivity index (χ2n) is 7.56. The molecule has 0 spiro atoms. The van der Waals surface area contributed by atoms with Crippen LogP contribution in [0.3, 0.4) is 0 Å². The topological polar surface area (TPSA) is 145 Å². The number of carbonyl (C=O) groups excluding carboxylic acids is 3. The van der Waals surface area contributed by atoms with Gasteiger partial charge in [-0.05, 0) is 16.7 Å². The Hall–Kier alpha value is -5.52. The minimum atomic E-state index is -1.17. The summed E-state index contributed by atoms with van der Waals surface area (Å²) in [7, 11) is 0. The first-order chi connectivity index (χ1) is 19.0. The van der Waals surface area contributed by atoms with Crippen molar-refractivity contribution < 1.29 is 42.8 Å². The first-order valence-electron chi connectivity index (χ1n) is 11.4. The monoisotopic (exact) mass is 531 g/mol. The Morgan fingerprint density at radius 2 is 0.692 bits per heavy atom. The van der Waals surface area contributed by atoms with Crippen molar-refractivity contribution in [3.05, 3.63) is 108 Å². The molecule has 4 rings (SSSR count). The van der Waals surface area contributed by atoms with Gasteiger partial charge in [0.1, 0.15) is 19.8 Å². The second kappa shape index (κ2) is 13.7. The van der Waals surface area contributed by atoms with E-state index < -0.39 is 36.5 Å². The van der Waals surface area contributed by atoms with E-state index in [1.54, 1.807) is 72.8 Å². The van der Waals surface area contributed by atoms with Crippen molar-refractivity contribution in [2.45, 2.75) is 19.8 Å². The van der Waals surface area contributed by atoms with Crippen LogP contribution >= 0.6 is 0 Å². The maximum absolute atomic E-state index is 12.2. The summed E-state index contributed by atoms with van der Waals surface area (Å²) < 4.78 is 29.9. The number of nitrogens with zero attached hydrogens (tertiary/aromatic N) is 3. The van der Waals surface area contributed by atoms with Crippen LogP contribution in [0.2, 0.25) is 0 Å². The lowest BCUT2D eigenvalue weighted by Crippen LogP contribution is -2.18. The van der Waals surface area contributed by atoms with Gasteiger partial charge in [-0.3, -0.25) is 0 Å². The maximum atomic E-state index is 12.2. The summed E-state index contributed by atoms with van der Waals surface area (Å²) in [6.07, 6.45) is -3.50. The predicted molar refractivity (Wildman–Crippen MR) is 132 cm³/mol. The molecule has 39 heavy (non-hydrogen) atoms. The summed E-state index contributed by atoms with van der Waals surface area (Å²) >= 11 is 0. The normalized spacial score (nSPS) is 10.2. The van der Waals surface area contributed by atoms with E-state index in [0.29, 0.717) is 16.7 Å². The summed E-state index contributed by atoms with van der Waals surface area (Å²) in [6, 6.07) is 24.6. The number of carbonyl (C=O) groups is 3. The number of hydrogen-bond donors (Lipinski definition) is 0. The summed E-state index contributed by atoms with van der Waals surface area (Å²) in [5.41, 5.74) is 2.13. The van der Waals surface area contributed by atoms with Crippen molar-refractivity contribution in [3.63, 3.8) is 0 Å². The average Bonchev–Trinajstić information content (AvgIpc) is 2.95. The van der Waals surface area contributed by atoms with Crippen molar-refractivity contribution in [3.8, 4) is 18.0 Å². The lowest BCUT2D eigenvalue weighted by molar-refractivity contribution is 0.0817. The van der Waals surface area contributed by atoms with Crippen LogP contribution in [0.15, 0.2) is 91.0 Å². The molecule has 3 aromatic carbocycles. The predicted octanol–water partition coefficient (Wildman–Crippen LogP) is 5.02. The standard InChI is InChI=1S/C27H21N3O9/c31-25(34-16-19-10-4-1-5-11-19)37-22-28-23(38-26(32)35-17-20-12-6-2-7-13-20)30-24(29-22)39-27(33)36-18-21-14-8-3-9-15-21/h1-15H,16-18H2. The molecule has 0 aliphatic heterocycles. The van der Waals surface area contributed by atoms with Gasteiger partial charge < -0.3 is 28.4 Å². The van der Waals surface area contributed by atoms with Crippen LogP contribution in [-0.2, 0) is 34.0 Å². The molecule has 0 amide bonds. The van der Waals surface area contributed by atoms with Gasteiger partial charge in [-0.1, -0.05) is 91.0 Å². The largest absolute Gasteiger partial charge is 0.516 e. The van der Waals surface area contributed by atoms with Crippen LogP contribution in [0.4, 0.5) is 14.4 Å². The fourth-order valence-electron chi connectivity index (χ4n) is 2.92. The van der Waals surface area contributed by atoms with Gasteiger partial charge in [0.05, 0.1) is 0 Å². The summed E-state index contributed by atoms with van der Waals surface area (Å²) in [5.74, 6) is 0. The number of rotatable bonds is 9. The first-order valence-corrected chi connectivity index (χ1v) is 11.4. The quantitative estimate of drug-likeness (QED) is 0.211. The third-order valence-corrected chi connectivity index (χ3v) is 4.70. The van der Waals surface area contributed by atoms with Crippen molar-refractivity contribution >= 4 is 18.5 Å². The minimum Gasteiger partial charge on any atom is -0.429 e.